The van der Waals surface area contributed by atoms with Crippen LogP contribution in [0.4, 0.5) is 11.4 Å². The smallest absolute Gasteiger partial charge is 0.0937 e. The fourth-order valence-electron chi connectivity index (χ4n) is 1.91. The van der Waals surface area contributed by atoms with Crippen LogP contribution in [0.3, 0.4) is 0 Å². The van der Waals surface area contributed by atoms with Crippen molar-refractivity contribution in [1.82, 2.24) is 4.98 Å². The van der Waals surface area contributed by atoms with Crippen LogP contribution in [0.5, 0.6) is 0 Å². The lowest BCUT2D eigenvalue weighted by Crippen LogP contribution is -1.92. The van der Waals surface area contributed by atoms with Crippen LogP contribution in [0.25, 0.3) is 10.9 Å². The molecule has 0 spiro atoms. The van der Waals surface area contributed by atoms with Crippen molar-refractivity contribution in [3.63, 3.8) is 0 Å². The minimum atomic E-state index is 0.976. The molecule has 0 fully saturated rings. The molecule has 0 saturated heterocycles. The Balaban J connectivity index is 2.07. The van der Waals surface area contributed by atoms with Gasteiger partial charge < -0.3 is 5.32 Å². The van der Waals surface area contributed by atoms with E-state index in [1.807, 2.05) is 48.7 Å². The van der Waals surface area contributed by atoms with Gasteiger partial charge in [-0.25, -0.2) is 0 Å². The number of nitrogens with zero attached hydrogens (tertiary/aromatic N) is 1. The van der Waals surface area contributed by atoms with Gasteiger partial charge in [-0.05, 0) is 40.2 Å². The van der Waals surface area contributed by atoms with E-state index in [9.17, 15) is 0 Å². The Morgan fingerprint density at radius 1 is 0.944 bits per heavy atom. The average molecular weight is 299 g/mol. The Kier molecular flexibility index (Phi) is 2.99. The quantitative estimate of drug-likeness (QED) is 0.739. The normalized spacial score (nSPS) is 10.5. The van der Waals surface area contributed by atoms with Crippen LogP contribution in [0.2, 0.25) is 0 Å². The molecule has 0 aliphatic carbocycles. The first-order chi connectivity index (χ1) is 8.83. The second-order valence-electron chi connectivity index (χ2n) is 4.02. The molecule has 0 saturated carbocycles. The summed E-state index contributed by atoms with van der Waals surface area (Å²) in [5.41, 5.74) is 3.06. The number of fused-ring (bicyclic) bond motifs is 1. The molecule has 1 aromatic heterocycles. The summed E-state index contributed by atoms with van der Waals surface area (Å²) >= 11 is 3.44. The van der Waals surface area contributed by atoms with Crippen molar-refractivity contribution in [2.45, 2.75) is 0 Å². The van der Waals surface area contributed by atoms with E-state index in [-0.39, 0.29) is 0 Å². The fourth-order valence-corrected chi connectivity index (χ4v) is 2.26. The molecule has 2 nitrogen and oxygen atoms in total. The molecule has 3 aromatic rings. The minimum absolute atomic E-state index is 0.976. The second kappa shape index (κ2) is 4.78. The number of para-hydroxylation sites is 2. The Bertz CT molecular complexity index is 680. The average Bonchev–Trinajstić information content (AvgIpc) is 2.40. The fraction of sp³-hybridized carbons (Fsp3) is 0. The highest BCUT2D eigenvalue weighted by molar-refractivity contribution is 9.10. The Labute approximate surface area is 114 Å². The number of benzene rings is 2. The summed E-state index contributed by atoms with van der Waals surface area (Å²) in [6.07, 6.45) is 1.82. The third-order valence-corrected chi connectivity index (χ3v) is 3.16. The lowest BCUT2D eigenvalue weighted by molar-refractivity contribution is 1.38. The molecule has 2 aromatic carbocycles. The van der Waals surface area contributed by atoms with Crippen molar-refractivity contribution in [2.75, 3.05) is 5.32 Å². The Morgan fingerprint density at radius 2 is 1.78 bits per heavy atom. The van der Waals surface area contributed by atoms with E-state index in [2.05, 4.69) is 38.4 Å². The molecule has 3 rings (SSSR count). The zero-order chi connectivity index (χ0) is 12.4. The van der Waals surface area contributed by atoms with Gasteiger partial charge in [0.15, 0.2) is 0 Å². The number of hydrogen-bond acceptors (Lipinski definition) is 2. The van der Waals surface area contributed by atoms with Gasteiger partial charge in [0, 0.05) is 21.7 Å². The molecule has 88 valence electrons. The number of anilines is 2. The summed E-state index contributed by atoms with van der Waals surface area (Å²) in [6, 6.07) is 18.3. The van der Waals surface area contributed by atoms with Gasteiger partial charge in [-0.2, -0.15) is 0 Å². The van der Waals surface area contributed by atoms with Crippen LogP contribution >= 0.6 is 15.9 Å². The summed E-state index contributed by atoms with van der Waals surface area (Å²) in [6.45, 7) is 0. The largest absolute Gasteiger partial charge is 0.354 e. The van der Waals surface area contributed by atoms with E-state index in [0.717, 1.165) is 26.8 Å². The third-order valence-electron chi connectivity index (χ3n) is 2.73. The van der Waals surface area contributed by atoms with Crippen LogP contribution in [-0.2, 0) is 0 Å². The number of hydrogen-bond donors (Lipinski definition) is 1. The molecule has 1 heterocycles. The summed E-state index contributed by atoms with van der Waals surface area (Å²) < 4.78 is 0.992. The second-order valence-corrected chi connectivity index (χ2v) is 4.94. The summed E-state index contributed by atoms with van der Waals surface area (Å²) in [5.74, 6) is 0. The van der Waals surface area contributed by atoms with Gasteiger partial charge in [-0.15, -0.1) is 0 Å². The van der Waals surface area contributed by atoms with E-state index >= 15 is 0 Å². The van der Waals surface area contributed by atoms with E-state index in [1.54, 1.807) is 0 Å². The van der Waals surface area contributed by atoms with Crippen LogP contribution in [-0.4, -0.2) is 4.98 Å². The number of rotatable bonds is 2. The topological polar surface area (TPSA) is 24.9 Å². The summed E-state index contributed by atoms with van der Waals surface area (Å²) in [5, 5.41) is 4.50. The highest BCUT2D eigenvalue weighted by Crippen LogP contribution is 2.26. The predicted octanol–water partition coefficient (Wildman–Crippen LogP) is 4.74. The van der Waals surface area contributed by atoms with Crippen molar-refractivity contribution in [3.05, 3.63) is 65.3 Å². The van der Waals surface area contributed by atoms with E-state index < -0.39 is 0 Å². The standard InChI is InChI=1S/C15H11BrN2/c16-12-9-11-5-4-8-14(15(11)17-10-12)18-13-6-2-1-3-7-13/h1-10,18H. The first kappa shape index (κ1) is 11.2. The van der Waals surface area contributed by atoms with Gasteiger partial charge in [0.2, 0.25) is 0 Å². The molecule has 18 heavy (non-hydrogen) atoms. The minimum Gasteiger partial charge on any atom is -0.354 e. The van der Waals surface area contributed by atoms with Gasteiger partial charge in [0.1, 0.15) is 0 Å². The highest BCUT2D eigenvalue weighted by atomic mass is 79.9. The maximum atomic E-state index is 4.47. The van der Waals surface area contributed by atoms with Crippen molar-refractivity contribution < 1.29 is 0 Å². The molecule has 0 radical (unpaired) electrons. The number of halogens is 1. The lowest BCUT2D eigenvalue weighted by atomic mass is 10.2. The molecule has 0 atom stereocenters. The monoisotopic (exact) mass is 298 g/mol. The van der Waals surface area contributed by atoms with Gasteiger partial charge in [-0.3, -0.25) is 4.98 Å². The van der Waals surface area contributed by atoms with Crippen molar-refractivity contribution in [2.24, 2.45) is 0 Å². The molecule has 0 aliphatic heterocycles. The Hall–Kier alpha value is -1.87. The van der Waals surface area contributed by atoms with Crippen molar-refractivity contribution in [1.29, 1.82) is 0 Å². The van der Waals surface area contributed by atoms with Crippen LogP contribution in [0, 0.1) is 0 Å². The molecule has 0 bridgehead atoms. The highest BCUT2D eigenvalue weighted by Gasteiger charge is 2.02. The predicted molar refractivity (Wildman–Crippen MR) is 79.2 cm³/mol. The van der Waals surface area contributed by atoms with E-state index in [1.165, 1.54) is 0 Å². The molecule has 3 heteroatoms. The molecule has 0 unspecified atom stereocenters. The first-order valence-electron chi connectivity index (χ1n) is 5.69. The molecule has 0 aliphatic rings. The summed E-state index contributed by atoms with van der Waals surface area (Å²) in [7, 11) is 0. The Morgan fingerprint density at radius 3 is 2.61 bits per heavy atom. The molecule has 1 N–H and O–H groups in total. The SMILES string of the molecule is Brc1cnc2c(Nc3ccccc3)cccc2c1. The van der Waals surface area contributed by atoms with Crippen LogP contribution < -0.4 is 5.32 Å². The van der Waals surface area contributed by atoms with E-state index in [4.69, 9.17) is 0 Å². The number of pyridine rings is 1. The van der Waals surface area contributed by atoms with Crippen molar-refractivity contribution >= 4 is 38.2 Å². The molecule has 0 amide bonds. The lowest BCUT2D eigenvalue weighted by Gasteiger charge is -2.09. The summed E-state index contributed by atoms with van der Waals surface area (Å²) in [4.78, 5) is 4.47. The maximum Gasteiger partial charge on any atom is 0.0937 e. The zero-order valence-corrected chi connectivity index (χ0v) is 11.2. The maximum absolute atomic E-state index is 4.47. The van der Waals surface area contributed by atoms with Gasteiger partial charge in [0.05, 0.1) is 11.2 Å². The van der Waals surface area contributed by atoms with Gasteiger partial charge >= 0.3 is 0 Å². The zero-order valence-electron chi connectivity index (χ0n) is 9.60. The van der Waals surface area contributed by atoms with Crippen LogP contribution in [0.1, 0.15) is 0 Å². The van der Waals surface area contributed by atoms with Gasteiger partial charge in [0.25, 0.3) is 0 Å². The number of aromatic nitrogens is 1. The van der Waals surface area contributed by atoms with Crippen molar-refractivity contribution in [3.8, 4) is 0 Å². The molecular weight excluding hydrogens is 288 g/mol. The van der Waals surface area contributed by atoms with Crippen LogP contribution in [0.15, 0.2) is 65.3 Å². The van der Waals surface area contributed by atoms with E-state index in [0.29, 0.717) is 0 Å². The number of nitrogens with one attached hydrogen (secondary N) is 1. The van der Waals surface area contributed by atoms with Gasteiger partial charge in [-0.1, -0.05) is 30.3 Å². The third kappa shape index (κ3) is 2.22. The molecular formula is C15H11BrN2. The first-order valence-corrected chi connectivity index (χ1v) is 6.48.